The number of rotatable bonds is 1. The van der Waals surface area contributed by atoms with Gasteiger partial charge in [0.15, 0.2) is 0 Å². The Labute approximate surface area is 112 Å². The van der Waals surface area contributed by atoms with E-state index in [2.05, 4.69) is 35.2 Å². The molecule has 0 radical (unpaired) electrons. The van der Waals surface area contributed by atoms with Crippen LogP contribution >= 0.6 is 0 Å². The van der Waals surface area contributed by atoms with Crippen molar-refractivity contribution in [2.24, 2.45) is 5.16 Å². The van der Waals surface area contributed by atoms with Gasteiger partial charge in [-0.2, -0.15) is 0 Å². The SMILES string of the molecule is CCN1c2ccccc2CC(=NO)c2ccccc21. The van der Waals surface area contributed by atoms with Gasteiger partial charge in [-0.15, -0.1) is 0 Å². The topological polar surface area (TPSA) is 35.8 Å². The molecule has 1 N–H and O–H groups in total. The van der Waals surface area contributed by atoms with Crippen molar-refractivity contribution in [3.63, 3.8) is 0 Å². The average Bonchev–Trinajstić information content (AvgIpc) is 2.61. The number of anilines is 2. The van der Waals surface area contributed by atoms with Gasteiger partial charge in [-0.1, -0.05) is 41.6 Å². The van der Waals surface area contributed by atoms with E-state index in [0.717, 1.165) is 23.5 Å². The molecule has 96 valence electrons. The van der Waals surface area contributed by atoms with Crippen molar-refractivity contribution >= 4 is 17.1 Å². The van der Waals surface area contributed by atoms with Crippen LogP contribution in [0.25, 0.3) is 0 Å². The van der Waals surface area contributed by atoms with Crippen molar-refractivity contribution in [3.8, 4) is 0 Å². The summed E-state index contributed by atoms with van der Waals surface area (Å²) in [6.45, 7) is 3.02. The molecule has 0 aliphatic carbocycles. The molecule has 0 saturated heterocycles. The molecule has 0 unspecified atom stereocenters. The Kier molecular flexibility index (Phi) is 2.95. The van der Waals surface area contributed by atoms with Crippen LogP contribution in [0.4, 0.5) is 11.4 Å². The van der Waals surface area contributed by atoms with Gasteiger partial charge in [0.25, 0.3) is 0 Å². The first-order chi connectivity index (χ1) is 9.35. The van der Waals surface area contributed by atoms with Crippen LogP contribution < -0.4 is 4.90 Å². The minimum atomic E-state index is 0.653. The zero-order valence-electron chi connectivity index (χ0n) is 10.9. The van der Waals surface area contributed by atoms with Crippen LogP contribution in [-0.2, 0) is 6.42 Å². The lowest BCUT2D eigenvalue weighted by molar-refractivity contribution is 0.318. The molecular weight excluding hydrogens is 236 g/mol. The number of hydrogen-bond donors (Lipinski definition) is 1. The molecule has 3 nitrogen and oxygen atoms in total. The molecule has 0 fully saturated rings. The predicted molar refractivity (Wildman–Crippen MR) is 77.6 cm³/mol. The zero-order chi connectivity index (χ0) is 13.2. The van der Waals surface area contributed by atoms with Crippen molar-refractivity contribution in [2.45, 2.75) is 13.3 Å². The summed E-state index contributed by atoms with van der Waals surface area (Å²) in [5, 5.41) is 12.8. The Morgan fingerprint density at radius 3 is 2.47 bits per heavy atom. The van der Waals surface area contributed by atoms with E-state index in [1.807, 2.05) is 30.3 Å². The van der Waals surface area contributed by atoms with Gasteiger partial charge < -0.3 is 10.1 Å². The first-order valence-electron chi connectivity index (χ1n) is 6.51. The smallest absolute Gasteiger partial charge is 0.0933 e. The van der Waals surface area contributed by atoms with Crippen molar-refractivity contribution in [3.05, 3.63) is 59.7 Å². The minimum absolute atomic E-state index is 0.653. The Bertz CT molecular complexity index is 634. The lowest BCUT2D eigenvalue weighted by Crippen LogP contribution is -2.17. The molecule has 1 heterocycles. The van der Waals surface area contributed by atoms with E-state index in [9.17, 15) is 5.21 Å². The molecule has 0 amide bonds. The molecule has 2 aromatic carbocycles. The largest absolute Gasteiger partial charge is 0.411 e. The van der Waals surface area contributed by atoms with Crippen LogP contribution in [0.5, 0.6) is 0 Å². The lowest BCUT2D eigenvalue weighted by Gasteiger charge is -2.24. The van der Waals surface area contributed by atoms with Crippen LogP contribution in [0.2, 0.25) is 0 Å². The Morgan fingerprint density at radius 1 is 1.05 bits per heavy atom. The zero-order valence-corrected chi connectivity index (χ0v) is 10.9. The Hall–Kier alpha value is -2.29. The summed E-state index contributed by atoms with van der Waals surface area (Å²) in [4.78, 5) is 2.27. The average molecular weight is 252 g/mol. The van der Waals surface area contributed by atoms with E-state index in [-0.39, 0.29) is 0 Å². The molecule has 0 saturated carbocycles. The van der Waals surface area contributed by atoms with E-state index in [0.29, 0.717) is 6.42 Å². The summed E-state index contributed by atoms with van der Waals surface area (Å²) in [5.74, 6) is 0. The Balaban J connectivity index is 2.28. The maximum atomic E-state index is 9.32. The van der Waals surface area contributed by atoms with Crippen molar-refractivity contribution in [1.29, 1.82) is 0 Å². The number of para-hydroxylation sites is 2. The van der Waals surface area contributed by atoms with Gasteiger partial charge in [-0.3, -0.25) is 0 Å². The molecule has 0 bridgehead atoms. The van der Waals surface area contributed by atoms with Gasteiger partial charge in [-0.25, -0.2) is 0 Å². The highest BCUT2D eigenvalue weighted by molar-refractivity contribution is 6.08. The van der Waals surface area contributed by atoms with Crippen LogP contribution in [0, 0.1) is 0 Å². The van der Waals surface area contributed by atoms with Crippen molar-refractivity contribution in [1.82, 2.24) is 0 Å². The second-order valence-electron chi connectivity index (χ2n) is 4.61. The first kappa shape index (κ1) is 11.8. The first-order valence-corrected chi connectivity index (χ1v) is 6.51. The van der Waals surface area contributed by atoms with Crippen molar-refractivity contribution in [2.75, 3.05) is 11.4 Å². The van der Waals surface area contributed by atoms with Crippen LogP contribution in [-0.4, -0.2) is 17.5 Å². The molecule has 19 heavy (non-hydrogen) atoms. The molecule has 2 aromatic rings. The number of benzene rings is 2. The third-order valence-corrected chi connectivity index (χ3v) is 3.58. The molecule has 0 aromatic heterocycles. The number of oxime groups is 1. The molecule has 0 spiro atoms. The van der Waals surface area contributed by atoms with E-state index in [1.165, 1.54) is 11.3 Å². The van der Waals surface area contributed by atoms with E-state index >= 15 is 0 Å². The highest BCUT2D eigenvalue weighted by Crippen LogP contribution is 2.35. The lowest BCUT2D eigenvalue weighted by atomic mass is 10.0. The summed E-state index contributed by atoms with van der Waals surface area (Å²) in [6.07, 6.45) is 0.653. The fourth-order valence-electron chi connectivity index (χ4n) is 2.71. The molecule has 1 aliphatic heterocycles. The molecule has 3 rings (SSSR count). The van der Waals surface area contributed by atoms with Crippen LogP contribution in [0.1, 0.15) is 18.1 Å². The van der Waals surface area contributed by atoms with Gasteiger partial charge in [0, 0.05) is 24.2 Å². The van der Waals surface area contributed by atoms with Gasteiger partial charge in [0.2, 0.25) is 0 Å². The third-order valence-electron chi connectivity index (χ3n) is 3.58. The second-order valence-corrected chi connectivity index (χ2v) is 4.61. The van der Waals surface area contributed by atoms with E-state index < -0.39 is 0 Å². The maximum Gasteiger partial charge on any atom is 0.0933 e. The normalized spacial score (nSPS) is 15.8. The Morgan fingerprint density at radius 2 is 1.74 bits per heavy atom. The highest BCUT2D eigenvalue weighted by Gasteiger charge is 2.22. The number of fused-ring (bicyclic) bond motifs is 2. The monoisotopic (exact) mass is 252 g/mol. The van der Waals surface area contributed by atoms with Crippen molar-refractivity contribution < 1.29 is 5.21 Å². The summed E-state index contributed by atoms with van der Waals surface area (Å²) >= 11 is 0. The molecule has 0 atom stereocenters. The summed E-state index contributed by atoms with van der Waals surface area (Å²) in [5.41, 5.74) is 5.20. The van der Waals surface area contributed by atoms with Gasteiger partial charge in [-0.05, 0) is 24.6 Å². The minimum Gasteiger partial charge on any atom is -0.411 e. The highest BCUT2D eigenvalue weighted by atomic mass is 16.4. The van der Waals surface area contributed by atoms with Crippen LogP contribution in [0.15, 0.2) is 53.7 Å². The summed E-state index contributed by atoms with van der Waals surface area (Å²) in [6, 6.07) is 16.4. The molecule has 1 aliphatic rings. The van der Waals surface area contributed by atoms with Gasteiger partial charge in [0.05, 0.1) is 11.4 Å². The fourth-order valence-corrected chi connectivity index (χ4v) is 2.71. The number of nitrogens with zero attached hydrogens (tertiary/aromatic N) is 2. The summed E-state index contributed by atoms with van der Waals surface area (Å²) < 4.78 is 0. The fraction of sp³-hybridized carbons (Fsp3) is 0.188. The molecule has 3 heteroatoms. The van der Waals surface area contributed by atoms with Gasteiger partial charge >= 0.3 is 0 Å². The quantitative estimate of drug-likeness (QED) is 0.622. The van der Waals surface area contributed by atoms with E-state index in [4.69, 9.17) is 0 Å². The standard InChI is InChI=1S/C16H16N2O/c1-2-18-15-9-5-3-7-12(15)11-14(17-19)13-8-4-6-10-16(13)18/h3-10,19H,2,11H2,1H3. The summed E-state index contributed by atoms with van der Waals surface area (Å²) in [7, 11) is 0. The van der Waals surface area contributed by atoms with Crippen LogP contribution in [0.3, 0.4) is 0 Å². The number of hydrogen-bond acceptors (Lipinski definition) is 3. The third kappa shape index (κ3) is 1.87. The predicted octanol–water partition coefficient (Wildman–Crippen LogP) is 3.58. The molecular formula is C16H16N2O. The van der Waals surface area contributed by atoms with E-state index in [1.54, 1.807) is 0 Å². The second kappa shape index (κ2) is 4.76. The maximum absolute atomic E-state index is 9.32. The van der Waals surface area contributed by atoms with Gasteiger partial charge in [0.1, 0.15) is 0 Å².